The molecule has 0 bridgehead atoms. The average molecular weight is 423 g/mol. The van der Waals surface area contributed by atoms with E-state index in [-0.39, 0.29) is 44.1 Å². The van der Waals surface area contributed by atoms with Gasteiger partial charge in [-0.05, 0) is 43.9 Å². The van der Waals surface area contributed by atoms with Crippen LogP contribution in [0.15, 0.2) is 18.2 Å². The molecule has 0 radical (unpaired) electrons. The molecular formula is C18H19F6N3O2. The Balaban J connectivity index is 1.65. The number of rotatable bonds is 3. The van der Waals surface area contributed by atoms with Gasteiger partial charge in [0, 0.05) is 30.7 Å². The van der Waals surface area contributed by atoms with Crippen molar-refractivity contribution in [2.75, 3.05) is 18.4 Å². The van der Waals surface area contributed by atoms with Gasteiger partial charge in [-0.2, -0.15) is 26.3 Å². The minimum Gasteiger partial charge on any atom is -0.335 e. The lowest BCUT2D eigenvalue weighted by Gasteiger charge is -2.31. The largest absolute Gasteiger partial charge is 0.416 e. The number of halogens is 6. The summed E-state index contributed by atoms with van der Waals surface area (Å²) in [6, 6.07) is 0.926. The quantitative estimate of drug-likeness (QED) is 0.715. The zero-order valence-electron chi connectivity index (χ0n) is 15.2. The smallest absolute Gasteiger partial charge is 0.335 e. The summed E-state index contributed by atoms with van der Waals surface area (Å²) in [6.07, 6.45) is -7.56. The molecule has 0 unspecified atom stereocenters. The Bertz CT molecular complexity index is 749. The first-order valence-corrected chi connectivity index (χ1v) is 9.09. The van der Waals surface area contributed by atoms with E-state index in [1.165, 1.54) is 0 Å². The van der Waals surface area contributed by atoms with Crippen LogP contribution in [0.3, 0.4) is 0 Å². The highest BCUT2D eigenvalue weighted by Gasteiger charge is 2.37. The van der Waals surface area contributed by atoms with Crippen molar-refractivity contribution in [1.29, 1.82) is 0 Å². The minimum atomic E-state index is -4.99. The number of likely N-dealkylation sites (tertiary alicyclic amines) is 1. The zero-order chi connectivity index (χ0) is 21.4. The van der Waals surface area contributed by atoms with E-state index in [0.717, 1.165) is 12.8 Å². The molecule has 1 aromatic rings. The molecule has 5 nitrogen and oxygen atoms in total. The number of alkyl halides is 6. The van der Waals surface area contributed by atoms with Crippen molar-refractivity contribution < 1.29 is 35.9 Å². The lowest BCUT2D eigenvalue weighted by atomic mass is 9.96. The molecule has 1 aromatic carbocycles. The van der Waals surface area contributed by atoms with Crippen LogP contribution in [-0.2, 0) is 17.1 Å². The first-order valence-electron chi connectivity index (χ1n) is 9.09. The standard InChI is InChI=1S/C18H19F6N3O2/c19-17(20,21)11-7-12(18(22,23)24)9-14(8-11)25-15(28)10-3-5-27(6-4-10)16(29)26-13-1-2-13/h7-10,13H,1-6H2,(H,25,28)(H,26,29). The van der Waals surface area contributed by atoms with Gasteiger partial charge in [0.2, 0.25) is 5.91 Å². The second-order valence-corrected chi connectivity index (χ2v) is 7.27. The van der Waals surface area contributed by atoms with Crippen molar-refractivity contribution in [2.24, 2.45) is 5.92 Å². The number of nitrogens with one attached hydrogen (secondary N) is 2. The van der Waals surface area contributed by atoms with E-state index in [0.29, 0.717) is 12.1 Å². The number of carbonyl (C=O) groups excluding carboxylic acids is 2. The summed E-state index contributed by atoms with van der Waals surface area (Å²) in [5, 5.41) is 4.99. The van der Waals surface area contributed by atoms with Gasteiger partial charge < -0.3 is 15.5 Å². The Morgan fingerprint density at radius 1 is 0.862 bits per heavy atom. The van der Waals surface area contributed by atoms with Gasteiger partial charge in [-0.25, -0.2) is 4.79 Å². The van der Waals surface area contributed by atoms with Gasteiger partial charge in [-0.15, -0.1) is 0 Å². The molecular weight excluding hydrogens is 404 g/mol. The number of carbonyl (C=O) groups is 2. The highest BCUT2D eigenvalue weighted by atomic mass is 19.4. The summed E-state index contributed by atoms with van der Waals surface area (Å²) in [6.45, 7) is 0.570. The Kier molecular flexibility index (Phi) is 5.68. The van der Waals surface area contributed by atoms with Crippen molar-refractivity contribution >= 4 is 17.6 Å². The molecule has 0 aromatic heterocycles. The van der Waals surface area contributed by atoms with E-state index >= 15 is 0 Å². The molecule has 160 valence electrons. The van der Waals surface area contributed by atoms with Gasteiger partial charge >= 0.3 is 18.4 Å². The molecule has 0 spiro atoms. The third-order valence-electron chi connectivity index (χ3n) is 4.91. The summed E-state index contributed by atoms with van der Waals surface area (Å²) < 4.78 is 77.5. The van der Waals surface area contributed by atoms with Gasteiger partial charge in [0.05, 0.1) is 11.1 Å². The van der Waals surface area contributed by atoms with Gasteiger partial charge in [-0.1, -0.05) is 0 Å². The van der Waals surface area contributed by atoms with Gasteiger partial charge in [-0.3, -0.25) is 4.79 Å². The fourth-order valence-corrected chi connectivity index (χ4v) is 3.11. The third kappa shape index (κ3) is 5.54. The molecule has 3 amide bonds. The van der Waals surface area contributed by atoms with E-state index in [1.54, 1.807) is 4.90 Å². The molecule has 3 rings (SSSR count). The van der Waals surface area contributed by atoms with E-state index in [9.17, 15) is 35.9 Å². The maximum absolute atomic E-state index is 12.9. The Labute approximate surface area is 162 Å². The molecule has 2 N–H and O–H groups in total. The molecule has 2 aliphatic rings. The third-order valence-corrected chi connectivity index (χ3v) is 4.91. The lowest BCUT2D eigenvalue weighted by Crippen LogP contribution is -2.46. The summed E-state index contributed by atoms with van der Waals surface area (Å²) in [4.78, 5) is 25.9. The minimum absolute atomic E-state index is 0.00657. The highest BCUT2D eigenvalue weighted by molar-refractivity contribution is 5.93. The van der Waals surface area contributed by atoms with Crippen LogP contribution in [0.1, 0.15) is 36.8 Å². The van der Waals surface area contributed by atoms with E-state index in [2.05, 4.69) is 10.6 Å². The van der Waals surface area contributed by atoms with Crippen LogP contribution in [0.5, 0.6) is 0 Å². The van der Waals surface area contributed by atoms with Crippen LogP contribution in [0.4, 0.5) is 36.8 Å². The fourth-order valence-electron chi connectivity index (χ4n) is 3.11. The fraction of sp³-hybridized carbons (Fsp3) is 0.556. The van der Waals surface area contributed by atoms with Gasteiger partial charge in [0.1, 0.15) is 0 Å². The monoisotopic (exact) mass is 423 g/mol. The second kappa shape index (κ2) is 7.75. The maximum atomic E-state index is 12.9. The molecule has 1 aliphatic heterocycles. The van der Waals surface area contributed by atoms with Crippen molar-refractivity contribution in [3.63, 3.8) is 0 Å². The number of hydrogen-bond acceptors (Lipinski definition) is 2. The number of piperidine rings is 1. The van der Waals surface area contributed by atoms with Gasteiger partial charge in [0.15, 0.2) is 0 Å². The average Bonchev–Trinajstić information content (AvgIpc) is 3.44. The Hall–Kier alpha value is -2.46. The predicted molar refractivity (Wildman–Crippen MR) is 90.9 cm³/mol. The zero-order valence-corrected chi connectivity index (χ0v) is 15.2. The molecule has 1 saturated heterocycles. The number of benzene rings is 1. The molecule has 1 saturated carbocycles. The topological polar surface area (TPSA) is 61.4 Å². The number of nitrogens with zero attached hydrogens (tertiary/aromatic N) is 1. The van der Waals surface area contributed by atoms with E-state index in [1.807, 2.05) is 0 Å². The molecule has 1 aliphatic carbocycles. The van der Waals surface area contributed by atoms with Crippen LogP contribution in [0.25, 0.3) is 0 Å². The number of hydrogen-bond donors (Lipinski definition) is 2. The van der Waals surface area contributed by atoms with Crippen molar-refractivity contribution in [2.45, 2.75) is 44.1 Å². The summed E-state index contributed by atoms with van der Waals surface area (Å²) in [5.41, 5.74) is -3.55. The predicted octanol–water partition coefficient (Wildman–Crippen LogP) is 4.25. The highest BCUT2D eigenvalue weighted by Crippen LogP contribution is 2.37. The van der Waals surface area contributed by atoms with Gasteiger partial charge in [0.25, 0.3) is 0 Å². The normalized spacial score (nSPS) is 18.5. The Morgan fingerprint density at radius 3 is 1.83 bits per heavy atom. The Morgan fingerprint density at radius 2 is 1.38 bits per heavy atom. The summed E-state index contributed by atoms with van der Waals surface area (Å²) in [5.74, 6) is -1.27. The van der Waals surface area contributed by atoms with Crippen LogP contribution in [0, 0.1) is 5.92 Å². The maximum Gasteiger partial charge on any atom is 0.416 e. The first-order chi connectivity index (χ1) is 13.4. The number of urea groups is 1. The molecule has 2 fully saturated rings. The van der Waals surface area contributed by atoms with Crippen LogP contribution in [0.2, 0.25) is 0 Å². The van der Waals surface area contributed by atoms with E-state index in [4.69, 9.17) is 0 Å². The molecule has 1 heterocycles. The van der Waals surface area contributed by atoms with Crippen molar-refractivity contribution in [3.05, 3.63) is 29.3 Å². The van der Waals surface area contributed by atoms with Crippen molar-refractivity contribution in [3.8, 4) is 0 Å². The lowest BCUT2D eigenvalue weighted by molar-refractivity contribution is -0.143. The van der Waals surface area contributed by atoms with Crippen molar-refractivity contribution in [1.82, 2.24) is 10.2 Å². The molecule has 11 heteroatoms. The molecule has 29 heavy (non-hydrogen) atoms. The number of anilines is 1. The second-order valence-electron chi connectivity index (χ2n) is 7.27. The SMILES string of the molecule is O=C(Nc1cc(C(F)(F)F)cc(C(F)(F)F)c1)C1CCN(C(=O)NC2CC2)CC1. The summed E-state index contributed by atoms with van der Waals surface area (Å²) >= 11 is 0. The first kappa shape index (κ1) is 21.3. The number of amides is 3. The van der Waals surface area contributed by atoms with E-state index < -0.39 is 41.0 Å². The molecule has 0 atom stereocenters. The van der Waals surface area contributed by atoms with Crippen LogP contribution in [-0.4, -0.2) is 36.0 Å². The summed E-state index contributed by atoms with van der Waals surface area (Å²) in [7, 11) is 0. The van der Waals surface area contributed by atoms with Crippen LogP contribution >= 0.6 is 0 Å². The van der Waals surface area contributed by atoms with Crippen LogP contribution < -0.4 is 10.6 Å².